The number of hydrogen-bond acceptors (Lipinski definition) is 2. The standard InChI is InChI=1S/C28H23N3OS/c1-30-24-12-11-20(14-22(24)27-23-13-19(15-29-23)28(27)30)33(32)26-17-31(16-18-7-3-2-4-8-18)25-10-6-5-9-21(25)26/h2-12,14-15,17,23,29H,13,16H2,1H3. The van der Waals surface area contributed by atoms with Crippen LogP contribution in [0.4, 0.5) is 0 Å². The summed E-state index contributed by atoms with van der Waals surface area (Å²) in [6, 6.07) is 25.3. The summed E-state index contributed by atoms with van der Waals surface area (Å²) in [6.07, 6.45) is 5.27. The van der Waals surface area contributed by atoms with E-state index in [9.17, 15) is 4.21 Å². The zero-order valence-corrected chi connectivity index (χ0v) is 19.1. The van der Waals surface area contributed by atoms with Crippen LogP contribution in [0.1, 0.15) is 29.3 Å². The van der Waals surface area contributed by atoms with Crippen LogP contribution >= 0.6 is 0 Å². The third-order valence-corrected chi connectivity index (χ3v) is 8.51. The van der Waals surface area contributed by atoms with Crippen molar-refractivity contribution in [2.24, 2.45) is 7.05 Å². The molecule has 5 heteroatoms. The number of aromatic nitrogens is 2. The molecule has 0 fully saturated rings. The van der Waals surface area contributed by atoms with Crippen LogP contribution in [0, 0.1) is 0 Å². The van der Waals surface area contributed by atoms with E-state index in [1.165, 1.54) is 33.3 Å². The summed E-state index contributed by atoms with van der Waals surface area (Å²) in [5.74, 6) is 0. The first-order valence-corrected chi connectivity index (χ1v) is 12.5. The van der Waals surface area contributed by atoms with Crippen molar-refractivity contribution < 1.29 is 4.21 Å². The van der Waals surface area contributed by atoms with Crippen molar-refractivity contribution in [2.75, 3.05) is 0 Å². The fraction of sp³-hybridized carbons (Fsp3) is 0.143. The van der Waals surface area contributed by atoms with Gasteiger partial charge in [0.25, 0.3) is 0 Å². The Morgan fingerprint density at radius 3 is 2.67 bits per heavy atom. The van der Waals surface area contributed by atoms with Crippen LogP contribution in [-0.4, -0.2) is 13.3 Å². The van der Waals surface area contributed by atoms with Crippen LogP contribution in [0.25, 0.3) is 27.4 Å². The second-order valence-electron chi connectivity index (χ2n) is 8.99. The van der Waals surface area contributed by atoms with Crippen molar-refractivity contribution in [3.05, 3.63) is 102 Å². The van der Waals surface area contributed by atoms with Gasteiger partial charge in [0.1, 0.15) is 0 Å². The summed E-state index contributed by atoms with van der Waals surface area (Å²) in [4.78, 5) is 1.73. The first-order chi connectivity index (χ1) is 16.2. The number of hydrogen-bond donors (Lipinski definition) is 1. The first-order valence-electron chi connectivity index (χ1n) is 11.3. The predicted molar refractivity (Wildman–Crippen MR) is 134 cm³/mol. The lowest BCUT2D eigenvalue weighted by molar-refractivity contribution is 0.683. The van der Waals surface area contributed by atoms with Gasteiger partial charge in [0.15, 0.2) is 0 Å². The van der Waals surface area contributed by atoms with Gasteiger partial charge in [-0.1, -0.05) is 48.5 Å². The van der Waals surface area contributed by atoms with Gasteiger partial charge in [-0.2, -0.15) is 0 Å². The van der Waals surface area contributed by atoms with Crippen molar-refractivity contribution in [1.29, 1.82) is 0 Å². The van der Waals surface area contributed by atoms with Gasteiger partial charge in [0.2, 0.25) is 0 Å². The predicted octanol–water partition coefficient (Wildman–Crippen LogP) is 5.74. The number of nitrogens with one attached hydrogen (secondary N) is 1. The zero-order chi connectivity index (χ0) is 22.1. The molecule has 2 bridgehead atoms. The highest BCUT2D eigenvalue weighted by Crippen LogP contribution is 2.48. The Kier molecular flexibility index (Phi) is 4.00. The minimum absolute atomic E-state index is 0.343. The van der Waals surface area contributed by atoms with Crippen molar-refractivity contribution in [3.8, 4) is 0 Å². The second kappa shape index (κ2) is 6.96. The van der Waals surface area contributed by atoms with Crippen LogP contribution in [-0.2, 0) is 24.4 Å². The average molecular weight is 450 g/mol. The van der Waals surface area contributed by atoms with E-state index in [0.717, 1.165) is 33.7 Å². The van der Waals surface area contributed by atoms with Gasteiger partial charge >= 0.3 is 0 Å². The topological polar surface area (TPSA) is 39.0 Å². The molecule has 1 aliphatic carbocycles. The van der Waals surface area contributed by atoms with Gasteiger partial charge in [-0.3, -0.25) is 0 Å². The van der Waals surface area contributed by atoms with E-state index in [2.05, 4.69) is 82.4 Å². The van der Waals surface area contributed by atoms with E-state index in [4.69, 9.17) is 0 Å². The number of aryl methyl sites for hydroxylation is 1. The molecule has 2 atom stereocenters. The number of nitrogens with zero attached hydrogens (tertiary/aromatic N) is 2. The Bertz CT molecular complexity index is 1620. The summed E-state index contributed by atoms with van der Waals surface area (Å²) in [6.45, 7) is 0.756. The summed E-state index contributed by atoms with van der Waals surface area (Å²) in [7, 11) is 0.867. The normalized spacial score (nSPS) is 17.4. The molecule has 5 aromatic rings. The number of para-hydroxylation sites is 1. The molecular weight excluding hydrogens is 426 g/mol. The molecule has 2 aromatic heterocycles. The number of fused-ring (bicyclic) bond motifs is 8. The Hall–Kier alpha value is -3.57. The highest BCUT2D eigenvalue weighted by atomic mass is 32.2. The molecule has 0 amide bonds. The Morgan fingerprint density at radius 2 is 1.79 bits per heavy atom. The van der Waals surface area contributed by atoms with Gasteiger partial charge < -0.3 is 14.5 Å². The zero-order valence-electron chi connectivity index (χ0n) is 18.3. The average Bonchev–Trinajstić information content (AvgIpc) is 3.62. The van der Waals surface area contributed by atoms with Crippen LogP contribution in [0.15, 0.2) is 95.0 Å². The monoisotopic (exact) mass is 449 g/mol. The minimum Gasteiger partial charge on any atom is -0.383 e. The lowest BCUT2D eigenvalue weighted by atomic mass is 10.1. The largest absolute Gasteiger partial charge is 0.383 e. The molecule has 2 aliphatic rings. The van der Waals surface area contributed by atoms with Crippen molar-refractivity contribution in [2.45, 2.75) is 28.8 Å². The van der Waals surface area contributed by atoms with Crippen LogP contribution in [0.2, 0.25) is 0 Å². The third-order valence-electron chi connectivity index (χ3n) is 7.11. The molecule has 2 unspecified atom stereocenters. The second-order valence-corrected chi connectivity index (χ2v) is 10.4. The van der Waals surface area contributed by atoms with Crippen molar-refractivity contribution >= 4 is 38.2 Å². The number of rotatable bonds is 4. The Labute approximate surface area is 194 Å². The summed E-state index contributed by atoms with van der Waals surface area (Å²) in [5.41, 5.74) is 7.60. The Balaban J connectivity index is 1.35. The SMILES string of the molecule is Cn1c2c(c3cc(S(=O)c4cn(Cc5ccccc5)c5ccccc45)ccc31)C1CC2=CN1. The third kappa shape index (κ3) is 2.72. The molecule has 0 radical (unpaired) electrons. The molecule has 4 nitrogen and oxygen atoms in total. The molecule has 1 aliphatic heterocycles. The van der Waals surface area contributed by atoms with E-state index >= 15 is 0 Å². The van der Waals surface area contributed by atoms with E-state index in [0.29, 0.717) is 6.04 Å². The molecule has 3 aromatic carbocycles. The quantitative estimate of drug-likeness (QED) is 0.380. The summed E-state index contributed by atoms with van der Waals surface area (Å²) >= 11 is 0. The molecule has 3 heterocycles. The fourth-order valence-electron chi connectivity index (χ4n) is 5.60. The highest BCUT2D eigenvalue weighted by molar-refractivity contribution is 7.85. The molecule has 0 saturated heterocycles. The lowest BCUT2D eigenvalue weighted by Gasteiger charge is -2.10. The van der Waals surface area contributed by atoms with Gasteiger partial charge in [-0.05, 0) is 35.4 Å². The summed E-state index contributed by atoms with van der Waals surface area (Å²) in [5, 5.41) is 5.76. The maximum Gasteiger partial charge on any atom is 0.0871 e. The van der Waals surface area contributed by atoms with Gasteiger partial charge in [0, 0.05) is 64.7 Å². The van der Waals surface area contributed by atoms with Gasteiger partial charge in [-0.25, -0.2) is 4.21 Å². The van der Waals surface area contributed by atoms with Gasteiger partial charge in [-0.15, -0.1) is 0 Å². The molecule has 1 N–H and O–H groups in total. The van der Waals surface area contributed by atoms with Crippen LogP contribution in [0.5, 0.6) is 0 Å². The van der Waals surface area contributed by atoms with Crippen LogP contribution < -0.4 is 5.32 Å². The summed E-state index contributed by atoms with van der Waals surface area (Å²) < 4.78 is 18.4. The maximum absolute atomic E-state index is 13.9. The fourth-order valence-corrected chi connectivity index (χ4v) is 6.86. The minimum atomic E-state index is -1.27. The maximum atomic E-state index is 13.9. The van der Waals surface area contributed by atoms with Crippen molar-refractivity contribution in [3.63, 3.8) is 0 Å². The molecule has 162 valence electrons. The smallest absolute Gasteiger partial charge is 0.0871 e. The molecule has 7 rings (SSSR count). The van der Waals surface area contributed by atoms with Crippen molar-refractivity contribution in [1.82, 2.24) is 14.5 Å². The molecule has 33 heavy (non-hydrogen) atoms. The highest BCUT2D eigenvalue weighted by Gasteiger charge is 2.35. The Morgan fingerprint density at radius 1 is 0.970 bits per heavy atom. The van der Waals surface area contributed by atoms with E-state index in [1.54, 1.807) is 0 Å². The molecular formula is C28H23N3OS. The molecule has 0 spiro atoms. The first kappa shape index (κ1) is 18.9. The van der Waals surface area contributed by atoms with Gasteiger partial charge in [0.05, 0.1) is 27.4 Å². The number of benzene rings is 3. The molecule has 0 saturated carbocycles. The van der Waals surface area contributed by atoms with Crippen LogP contribution in [0.3, 0.4) is 0 Å². The van der Waals surface area contributed by atoms with E-state index in [1.807, 2.05) is 24.3 Å². The van der Waals surface area contributed by atoms with E-state index in [-0.39, 0.29) is 0 Å². The van der Waals surface area contributed by atoms with E-state index < -0.39 is 10.8 Å². The lowest BCUT2D eigenvalue weighted by Crippen LogP contribution is -2.10.